The number of aromatic amines is 1. The van der Waals surface area contributed by atoms with Crippen molar-refractivity contribution < 1.29 is 0 Å². The van der Waals surface area contributed by atoms with E-state index in [4.69, 9.17) is 0 Å². The van der Waals surface area contributed by atoms with Crippen LogP contribution in [0.4, 0.5) is 5.69 Å². The van der Waals surface area contributed by atoms with Crippen molar-refractivity contribution in [3.63, 3.8) is 0 Å². The zero-order chi connectivity index (χ0) is 11.0. The second-order valence-electron chi connectivity index (χ2n) is 4.56. The van der Waals surface area contributed by atoms with Gasteiger partial charge in [-0.1, -0.05) is 0 Å². The van der Waals surface area contributed by atoms with E-state index in [1.54, 1.807) is 0 Å². The van der Waals surface area contributed by atoms with E-state index >= 15 is 0 Å². The fourth-order valence-corrected chi connectivity index (χ4v) is 2.32. The van der Waals surface area contributed by atoms with Crippen molar-refractivity contribution >= 4 is 16.6 Å². The van der Waals surface area contributed by atoms with Crippen molar-refractivity contribution in [3.8, 4) is 0 Å². The molecule has 3 rings (SSSR count). The number of fused-ring (bicyclic) bond motifs is 1. The minimum absolute atomic E-state index is 0.574. The Morgan fingerprint density at radius 1 is 1.50 bits per heavy atom. The fraction of sp³-hybridized carbons (Fsp3) is 0.417. The molecule has 0 spiro atoms. The Balaban J connectivity index is 1.78. The first-order chi connectivity index (χ1) is 7.81. The molecule has 1 saturated heterocycles. The number of nitrogens with zero attached hydrogens (tertiary/aromatic N) is 2. The van der Waals surface area contributed by atoms with Crippen LogP contribution in [0.15, 0.2) is 24.4 Å². The Morgan fingerprint density at radius 3 is 3.25 bits per heavy atom. The minimum Gasteiger partial charge on any atom is -0.381 e. The summed E-state index contributed by atoms with van der Waals surface area (Å²) in [5.74, 6) is 0. The van der Waals surface area contributed by atoms with Gasteiger partial charge in [-0.3, -0.25) is 5.10 Å². The largest absolute Gasteiger partial charge is 0.381 e. The first-order valence-corrected chi connectivity index (χ1v) is 5.69. The van der Waals surface area contributed by atoms with Crippen molar-refractivity contribution in [2.45, 2.75) is 12.5 Å². The van der Waals surface area contributed by atoms with Crippen molar-refractivity contribution in [3.05, 3.63) is 24.4 Å². The Bertz CT molecular complexity index is 490. The number of benzene rings is 1. The number of hydrogen-bond donors (Lipinski definition) is 2. The van der Waals surface area contributed by atoms with Gasteiger partial charge in [0.2, 0.25) is 0 Å². The fourth-order valence-electron chi connectivity index (χ4n) is 2.32. The summed E-state index contributed by atoms with van der Waals surface area (Å²) in [6, 6.07) is 6.92. The SMILES string of the molecule is CN1CCC(Nc2ccc3cn[nH]c3c2)C1. The third kappa shape index (κ3) is 1.76. The molecule has 1 unspecified atom stereocenters. The molecule has 16 heavy (non-hydrogen) atoms. The summed E-state index contributed by atoms with van der Waals surface area (Å²) in [7, 11) is 2.17. The van der Waals surface area contributed by atoms with Crippen LogP contribution in [-0.4, -0.2) is 41.3 Å². The number of nitrogens with one attached hydrogen (secondary N) is 2. The van der Waals surface area contributed by atoms with Gasteiger partial charge in [0.05, 0.1) is 11.7 Å². The Hall–Kier alpha value is -1.55. The van der Waals surface area contributed by atoms with Gasteiger partial charge in [0.25, 0.3) is 0 Å². The number of hydrogen-bond acceptors (Lipinski definition) is 3. The summed E-state index contributed by atoms with van der Waals surface area (Å²) in [5.41, 5.74) is 2.27. The van der Waals surface area contributed by atoms with E-state index in [9.17, 15) is 0 Å². The average Bonchev–Trinajstić information content (AvgIpc) is 2.87. The average molecular weight is 216 g/mol. The molecule has 1 aromatic carbocycles. The van der Waals surface area contributed by atoms with E-state index in [0.717, 1.165) is 17.4 Å². The highest BCUT2D eigenvalue weighted by Gasteiger charge is 2.18. The molecule has 84 valence electrons. The lowest BCUT2D eigenvalue weighted by molar-refractivity contribution is 0.414. The van der Waals surface area contributed by atoms with E-state index in [1.807, 2.05) is 6.20 Å². The molecule has 1 fully saturated rings. The standard InChI is InChI=1S/C12H16N4/c1-16-5-4-11(8-16)14-10-3-2-9-7-13-15-12(9)6-10/h2-3,6-7,11,14H,4-5,8H2,1H3,(H,13,15). The van der Waals surface area contributed by atoms with Gasteiger partial charge in [-0.15, -0.1) is 0 Å². The zero-order valence-electron chi connectivity index (χ0n) is 9.40. The maximum Gasteiger partial charge on any atom is 0.0670 e. The van der Waals surface area contributed by atoms with Crippen molar-refractivity contribution in [2.24, 2.45) is 0 Å². The van der Waals surface area contributed by atoms with Crippen molar-refractivity contribution in [2.75, 3.05) is 25.5 Å². The van der Waals surface area contributed by atoms with Crippen LogP contribution in [0.2, 0.25) is 0 Å². The third-order valence-corrected chi connectivity index (χ3v) is 3.20. The molecule has 1 aliphatic rings. The van der Waals surface area contributed by atoms with Crippen LogP contribution >= 0.6 is 0 Å². The molecule has 0 aliphatic carbocycles. The lowest BCUT2D eigenvalue weighted by Gasteiger charge is -2.14. The van der Waals surface area contributed by atoms with Gasteiger partial charge in [-0.05, 0) is 38.2 Å². The van der Waals surface area contributed by atoms with Crippen LogP contribution in [0.3, 0.4) is 0 Å². The van der Waals surface area contributed by atoms with Crippen LogP contribution in [0.1, 0.15) is 6.42 Å². The normalized spacial score (nSPS) is 21.7. The van der Waals surface area contributed by atoms with E-state index in [1.165, 1.54) is 18.7 Å². The highest BCUT2D eigenvalue weighted by atomic mass is 15.2. The monoisotopic (exact) mass is 216 g/mol. The molecule has 0 saturated carbocycles. The number of likely N-dealkylation sites (tertiary alicyclic amines) is 1. The van der Waals surface area contributed by atoms with E-state index < -0.39 is 0 Å². The predicted molar refractivity (Wildman–Crippen MR) is 65.6 cm³/mol. The lowest BCUT2D eigenvalue weighted by atomic mass is 10.2. The second kappa shape index (κ2) is 3.79. The molecule has 1 atom stereocenters. The van der Waals surface area contributed by atoms with Gasteiger partial charge in [0, 0.05) is 23.7 Å². The van der Waals surface area contributed by atoms with Gasteiger partial charge in [0.1, 0.15) is 0 Å². The van der Waals surface area contributed by atoms with E-state index in [-0.39, 0.29) is 0 Å². The highest BCUT2D eigenvalue weighted by molar-refractivity contribution is 5.81. The summed E-state index contributed by atoms with van der Waals surface area (Å²) in [5, 5.41) is 11.7. The molecule has 0 amide bonds. The first-order valence-electron chi connectivity index (χ1n) is 5.69. The molecule has 2 heterocycles. The van der Waals surface area contributed by atoms with E-state index in [2.05, 4.69) is 45.7 Å². The molecule has 4 heteroatoms. The smallest absolute Gasteiger partial charge is 0.0670 e. The number of aromatic nitrogens is 2. The number of H-pyrrole nitrogens is 1. The Morgan fingerprint density at radius 2 is 2.44 bits per heavy atom. The van der Waals surface area contributed by atoms with Gasteiger partial charge >= 0.3 is 0 Å². The highest BCUT2D eigenvalue weighted by Crippen LogP contribution is 2.19. The van der Waals surface area contributed by atoms with Crippen LogP contribution in [-0.2, 0) is 0 Å². The Labute approximate surface area is 94.6 Å². The van der Waals surface area contributed by atoms with Gasteiger partial charge in [-0.25, -0.2) is 0 Å². The first kappa shape index (κ1) is 9.66. The Kier molecular flexibility index (Phi) is 2.29. The minimum atomic E-state index is 0.574. The molecular weight excluding hydrogens is 200 g/mol. The van der Waals surface area contributed by atoms with Crippen molar-refractivity contribution in [1.29, 1.82) is 0 Å². The maximum atomic E-state index is 4.03. The zero-order valence-corrected chi connectivity index (χ0v) is 9.40. The molecule has 0 radical (unpaired) electrons. The van der Waals surface area contributed by atoms with Gasteiger partial charge < -0.3 is 10.2 Å². The summed E-state index contributed by atoms with van der Waals surface area (Å²) in [6.07, 6.45) is 3.07. The van der Waals surface area contributed by atoms with Crippen LogP contribution in [0, 0.1) is 0 Å². The maximum absolute atomic E-state index is 4.03. The quantitative estimate of drug-likeness (QED) is 0.802. The van der Waals surface area contributed by atoms with Crippen LogP contribution < -0.4 is 5.32 Å². The third-order valence-electron chi connectivity index (χ3n) is 3.20. The molecule has 2 aromatic rings. The molecule has 0 bridgehead atoms. The van der Waals surface area contributed by atoms with Gasteiger partial charge in [0.15, 0.2) is 0 Å². The van der Waals surface area contributed by atoms with Crippen molar-refractivity contribution in [1.82, 2.24) is 15.1 Å². The molecule has 1 aromatic heterocycles. The predicted octanol–water partition coefficient (Wildman–Crippen LogP) is 1.68. The molecule has 2 N–H and O–H groups in total. The second-order valence-corrected chi connectivity index (χ2v) is 4.56. The van der Waals surface area contributed by atoms with Crippen LogP contribution in [0.25, 0.3) is 10.9 Å². The molecular formula is C12H16N4. The number of rotatable bonds is 2. The van der Waals surface area contributed by atoms with Gasteiger partial charge in [-0.2, -0.15) is 5.10 Å². The number of anilines is 1. The summed E-state index contributed by atoms with van der Waals surface area (Å²) in [6.45, 7) is 2.31. The summed E-state index contributed by atoms with van der Waals surface area (Å²) in [4.78, 5) is 2.35. The molecule has 4 nitrogen and oxygen atoms in total. The summed E-state index contributed by atoms with van der Waals surface area (Å²) < 4.78 is 0. The lowest BCUT2D eigenvalue weighted by Crippen LogP contribution is -2.23. The number of likely N-dealkylation sites (N-methyl/N-ethyl adjacent to an activating group) is 1. The molecule has 1 aliphatic heterocycles. The topological polar surface area (TPSA) is 44.0 Å². The van der Waals surface area contributed by atoms with Crippen LogP contribution in [0.5, 0.6) is 0 Å². The van der Waals surface area contributed by atoms with E-state index in [0.29, 0.717) is 6.04 Å². The summed E-state index contributed by atoms with van der Waals surface area (Å²) >= 11 is 0.